The molecule has 0 aliphatic carbocycles. The van der Waals surface area contributed by atoms with E-state index in [-0.39, 0.29) is 31.3 Å². The van der Waals surface area contributed by atoms with Crippen LogP contribution >= 0.6 is 7.82 Å². The number of unbranched alkanes of at least 4 members (excludes halogenated alkanes) is 29. The van der Waals surface area contributed by atoms with E-state index in [0.29, 0.717) is 17.4 Å². The van der Waals surface area contributed by atoms with Gasteiger partial charge in [0.15, 0.2) is 0 Å². The fourth-order valence-electron chi connectivity index (χ4n) is 7.81. The SMILES string of the molecule is CCCCCCCC/C=C\C/C=C/CCC(=O)NC(COP(=O)([O-])OCC[N+](C)(C)C)C(/C=C/CCCCCCCCCCCCC)OC(=O)CCCCCCCCCCCCCCC. The molecule has 0 saturated carbocycles. The molecule has 10 heteroatoms. The van der Waals surface area contributed by atoms with Crippen LogP contribution in [0.3, 0.4) is 0 Å². The van der Waals surface area contributed by atoms with Crippen molar-refractivity contribution in [3.05, 3.63) is 36.5 Å². The number of rotatable bonds is 49. The number of ether oxygens (including phenoxy) is 1. The molecule has 0 aliphatic rings. The second-order valence-electron chi connectivity index (χ2n) is 19.7. The standard InChI is InChI=1S/C55H105N2O7P/c1-7-10-13-16-19-22-25-28-31-34-37-40-43-46-53(64-55(59)48-45-42-39-36-33-30-27-24-21-18-15-12-9-3)52(51-63-65(60,61)62-50-49-57(4,5)6)56-54(58)47-44-41-38-35-32-29-26-23-20-17-14-11-8-2/h29,32,38,41,43,46,52-53H,7-28,30-31,33-37,39-40,42,44-45,47-51H2,1-6H3,(H-,56,58,60,61)/b32-29-,41-38+,46-43+. The maximum atomic E-state index is 13.4. The van der Waals surface area contributed by atoms with Gasteiger partial charge < -0.3 is 28.5 Å². The number of phosphoric ester groups is 1. The van der Waals surface area contributed by atoms with Gasteiger partial charge in [-0.2, -0.15) is 0 Å². The van der Waals surface area contributed by atoms with Gasteiger partial charge in [-0.1, -0.05) is 225 Å². The van der Waals surface area contributed by atoms with Crippen LogP contribution in [-0.4, -0.2) is 69.4 Å². The normalized spacial score (nSPS) is 14.1. The highest BCUT2D eigenvalue weighted by molar-refractivity contribution is 7.45. The van der Waals surface area contributed by atoms with Gasteiger partial charge in [-0.05, 0) is 51.0 Å². The van der Waals surface area contributed by atoms with E-state index in [4.69, 9.17) is 13.8 Å². The summed E-state index contributed by atoms with van der Waals surface area (Å²) in [6.07, 6.45) is 52.6. The predicted molar refractivity (Wildman–Crippen MR) is 275 cm³/mol. The fraction of sp³-hybridized carbons (Fsp3) is 0.855. The first kappa shape index (κ1) is 63.2. The Morgan fingerprint density at radius 3 is 1.42 bits per heavy atom. The molecule has 0 aliphatic heterocycles. The van der Waals surface area contributed by atoms with Crippen LogP contribution in [0.25, 0.3) is 0 Å². The average Bonchev–Trinajstić information content (AvgIpc) is 3.26. The predicted octanol–water partition coefficient (Wildman–Crippen LogP) is 15.4. The summed E-state index contributed by atoms with van der Waals surface area (Å²) in [4.78, 5) is 39.7. The van der Waals surface area contributed by atoms with E-state index in [1.165, 1.54) is 161 Å². The van der Waals surface area contributed by atoms with E-state index in [0.717, 1.165) is 51.4 Å². The number of amides is 1. The Hall–Kier alpha value is -1.77. The molecule has 0 aromatic heterocycles. The summed E-state index contributed by atoms with van der Waals surface area (Å²) in [6.45, 7) is 6.79. The van der Waals surface area contributed by atoms with Crippen molar-refractivity contribution in [2.24, 2.45) is 0 Å². The summed E-state index contributed by atoms with van der Waals surface area (Å²) in [5.41, 5.74) is 0. The first-order valence-corrected chi connectivity index (χ1v) is 28.8. The van der Waals surface area contributed by atoms with Crippen molar-refractivity contribution in [3.8, 4) is 0 Å². The number of quaternary nitrogens is 1. The van der Waals surface area contributed by atoms with Crippen molar-refractivity contribution in [2.45, 2.75) is 264 Å². The lowest BCUT2D eigenvalue weighted by atomic mass is 10.0. The average molecular weight is 937 g/mol. The molecule has 0 bridgehead atoms. The van der Waals surface area contributed by atoms with Crippen LogP contribution in [0.5, 0.6) is 0 Å². The van der Waals surface area contributed by atoms with Crippen LogP contribution in [0.1, 0.15) is 252 Å². The highest BCUT2D eigenvalue weighted by Gasteiger charge is 2.27. The second-order valence-corrected chi connectivity index (χ2v) is 21.1. The van der Waals surface area contributed by atoms with E-state index in [9.17, 15) is 19.0 Å². The third kappa shape index (κ3) is 47.1. The number of allylic oxidation sites excluding steroid dienone is 5. The number of hydrogen-bond donors (Lipinski definition) is 1. The lowest BCUT2D eigenvalue weighted by Crippen LogP contribution is -2.47. The Kier molecular flexibility index (Phi) is 44.7. The van der Waals surface area contributed by atoms with E-state index < -0.39 is 26.6 Å². The van der Waals surface area contributed by atoms with Gasteiger partial charge >= 0.3 is 5.97 Å². The van der Waals surface area contributed by atoms with Crippen LogP contribution < -0.4 is 10.2 Å². The summed E-state index contributed by atoms with van der Waals surface area (Å²) >= 11 is 0. The maximum Gasteiger partial charge on any atom is 0.306 e. The first-order valence-electron chi connectivity index (χ1n) is 27.3. The third-order valence-electron chi connectivity index (χ3n) is 12.1. The van der Waals surface area contributed by atoms with Crippen molar-refractivity contribution in [1.29, 1.82) is 0 Å². The van der Waals surface area contributed by atoms with Crippen LogP contribution in [0.4, 0.5) is 0 Å². The van der Waals surface area contributed by atoms with Crippen LogP contribution in [0, 0.1) is 0 Å². The zero-order valence-electron chi connectivity index (χ0n) is 43.4. The number of carbonyl (C=O) groups is 2. The number of esters is 1. The fourth-order valence-corrected chi connectivity index (χ4v) is 8.53. The van der Waals surface area contributed by atoms with Gasteiger partial charge in [-0.3, -0.25) is 14.2 Å². The molecular formula is C55H105N2O7P. The van der Waals surface area contributed by atoms with Gasteiger partial charge in [-0.15, -0.1) is 0 Å². The van der Waals surface area contributed by atoms with E-state index in [2.05, 4.69) is 44.3 Å². The van der Waals surface area contributed by atoms with Gasteiger partial charge in [0.2, 0.25) is 5.91 Å². The van der Waals surface area contributed by atoms with E-state index >= 15 is 0 Å². The molecule has 0 heterocycles. The molecule has 1 N–H and O–H groups in total. The Labute approximate surface area is 402 Å². The summed E-state index contributed by atoms with van der Waals surface area (Å²) < 4.78 is 30.1. The molecule has 0 spiro atoms. The Morgan fingerprint density at radius 2 is 0.954 bits per heavy atom. The smallest absolute Gasteiger partial charge is 0.306 e. The van der Waals surface area contributed by atoms with Crippen molar-refractivity contribution in [3.63, 3.8) is 0 Å². The molecule has 1 amide bonds. The summed E-state index contributed by atoms with van der Waals surface area (Å²) in [7, 11) is 1.16. The number of nitrogens with one attached hydrogen (secondary N) is 1. The minimum Gasteiger partial charge on any atom is -0.756 e. The molecule has 0 aromatic rings. The van der Waals surface area contributed by atoms with Crippen molar-refractivity contribution in [1.82, 2.24) is 5.32 Å². The first-order chi connectivity index (χ1) is 31.4. The molecule has 0 fully saturated rings. The molecule has 3 atom stereocenters. The van der Waals surface area contributed by atoms with Crippen LogP contribution in [-0.2, 0) is 27.9 Å². The molecule has 0 saturated heterocycles. The van der Waals surface area contributed by atoms with Crippen LogP contribution in [0.2, 0.25) is 0 Å². The number of hydrogen-bond acceptors (Lipinski definition) is 7. The van der Waals surface area contributed by atoms with E-state index in [1.54, 1.807) is 0 Å². The van der Waals surface area contributed by atoms with Crippen molar-refractivity contribution < 1.29 is 37.3 Å². The van der Waals surface area contributed by atoms with Gasteiger partial charge in [-0.25, -0.2) is 0 Å². The van der Waals surface area contributed by atoms with Gasteiger partial charge in [0, 0.05) is 12.8 Å². The second kappa shape index (κ2) is 46.0. The highest BCUT2D eigenvalue weighted by Crippen LogP contribution is 2.38. The molecule has 9 nitrogen and oxygen atoms in total. The zero-order chi connectivity index (χ0) is 48.0. The zero-order valence-corrected chi connectivity index (χ0v) is 44.3. The van der Waals surface area contributed by atoms with Gasteiger partial charge in [0.05, 0.1) is 33.8 Å². The van der Waals surface area contributed by atoms with Crippen LogP contribution in [0.15, 0.2) is 36.5 Å². The molecule has 65 heavy (non-hydrogen) atoms. The quantitative estimate of drug-likeness (QED) is 0.0212. The molecule has 0 rings (SSSR count). The molecule has 3 unspecified atom stereocenters. The Balaban J connectivity index is 5.48. The summed E-state index contributed by atoms with van der Waals surface area (Å²) in [5.74, 6) is -0.612. The van der Waals surface area contributed by atoms with Gasteiger partial charge in [0.1, 0.15) is 19.3 Å². The summed E-state index contributed by atoms with van der Waals surface area (Å²) in [5, 5.41) is 2.97. The van der Waals surface area contributed by atoms with Gasteiger partial charge in [0.25, 0.3) is 7.82 Å². The lowest BCUT2D eigenvalue weighted by Gasteiger charge is -2.30. The molecule has 382 valence electrons. The lowest BCUT2D eigenvalue weighted by molar-refractivity contribution is -0.870. The topological polar surface area (TPSA) is 114 Å². The maximum absolute atomic E-state index is 13.4. The number of phosphoric acid groups is 1. The summed E-state index contributed by atoms with van der Waals surface area (Å²) in [6, 6.07) is -0.912. The number of nitrogens with zero attached hydrogens (tertiary/aromatic N) is 1. The van der Waals surface area contributed by atoms with E-state index in [1.807, 2.05) is 39.4 Å². The third-order valence-corrected chi connectivity index (χ3v) is 13.1. The number of carbonyl (C=O) groups excluding carboxylic acids is 2. The van der Waals surface area contributed by atoms with Crippen molar-refractivity contribution >= 4 is 19.7 Å². The Bertz CT molecular complexity index is 1220. The highest BCUT2D eigenvalue weighted by atomic mass is 31.2. The Morgan fingerprint density at radius 1 is 0.538 bits per heavy atom. The molecule has 0 aromatic carbocycles. The molecule has 0 radical (unpaired) electrons. The van der Waals surface area contributed by atoms with Crippen molar-refractivity contribution in [2.75, 3.05) is 40.9 Å². The molecular weight excluding hydrogens is 832 g/mol. The number of likely N-dealkylation sites (N-methyl/N-ethyl adjacent to an activating group) is 1. The minimum atomic E-state index is -4.70. The monoisotopic (exact) mass is 937 g/mol. The largest absolute Gasteiger partial charge is 0.756 e. The minimum absolute atomic E-state index is 0.0295.